The van der Waals surface area contributed by atoms with Gasteiger partial charge in [0.05, 0.1) is 58.0 Å². The summed E-state index contributed by atoms with van der Waals surface area (Å²) in [6.07, 6.45) is 5.42. The Labute approximate surface area is 338 Å². The van der Waals surface area contributed by atoms with Gasteiger partial charge in [0.15, 0.2) is 5.82 Å². The number of benzene rings is 2. The first-order valence-electron chi connectivity index (χ1n) is 19.8. The first-order chi connectivity index (χ1) is 27.5. The fourth-order valence-corrected chi connectivity index (χ4v) is 10.4. The Kier molecular flexibility index (Phi) is 8.59. The maximum absolute atomic E-state index is 17.3. The summed E-state index contributed by atoms with van der Waals surface area (Å²) in [5, 5.41) is 24.6. The summed E-state index contributed by atoms with van der Waals surface area (Å²) in [6, 6.07) is 11.5. The first kappa shape index (κ1) is 36.6. The molecule has 3 aromatic heterocycles. The van der Waals surface area contributed by atoms with Crippen molar-refractivity contribution in [2.45, 2.75) is 89.0 Å². The Hall–Kier alpha value is -4.77. The van der Waals surface area contributed by atoms with Gasteiger partial charge in [-0.2, -0.15) is 5.26 Å². The zero-order chi connectivity index (χ0) is 39.5. The smallest absolute Gasteiger partial charge is 0.410 e. The molecule has 11 rings (SSSR count). The molecule has 4 saturated heterocycles. The molecule has 2 saturated carbocycles. The van der Waals surface area contributed by atoms with Crippen molar-refractivity contribution in [3.8, 4) is 17.2 Å². The molecule has 6 aliphatic rings. The van der Waals surface area contributed by atoms with Gasteiger partial charge in [-0.15, -0.1) is 5.10 Å². The number of carbonyl (C=O) groups excluding carboxylic acids is 2. The van der Waals surface area contributed by atoms with Crippen molar-refractivity contribution in [1.29, 1.82) is 5.26 Å². The van der Waals surface area contributed by atoms with E-state index in [1.807, 2.05) is 42.6 Å². The second-order valence-electron chi connectivity index (χ2n) is 16.9. The summed E-state index contributed by atoms with van der Waals surface area (Å²) in [7, 11) is 0. The molecule has 7 heterocycles. The Morgan fingerprint density at radius 1 is 1.18 bits per heavy atom. The van der Waals surface area contributed by atoms with Gasteiger partial charge in [0.25, 0.3) is 0 Å². The van der Waals surface area contributed by atoms with E-state index in [9.17, 15) is 14.9 Å². The topological polar surface area (TPSA) is 134 Å². The number of hydrogen-bond donors (Lipinski definition) is 1. The quantitative estimate of drug-likeness (QED) is 0.160. The average Bonchev–Trinajstić information content (AvgIpc) is 3.84. The van der Waals surface area contributed by atoms with E-state index in [4.69, 9.17) is 32.9 Å². The van der Waals surface area contributed by atoms with Crippen LogP contribution in [0.5, 0.6) is 0 Å². The van der Waals surface area contributed by atoms with Crippen molar-refractivity contribution in [3.05, 3.63) is 75.0 Å². The van der Waals surface area contributed by atoms with Crippen LogP contribution in [-0.4, -0.2) is 78.6 Å². The Morgan fingerprint density at radius 3 is 2.70 bits per heavy atom. The predicted octanol–water partition coefficient (Wildman–Crippen LogP) is 7.80. The number of fused-ring (bicyclic) bond motifs is 4. The van der Waals surface area contributed by atoms with Crippen molar-refractivity contribution >= 4 is 57.0 Å². The normalized spacial score (nSPS) is 24.4. The molecule has 2 bridgehead atoms. The van der Waals surface area contributed by atoms with Crippen LogP contribution in [0.2, 0.25) is 10.0 Å². The molecule has 5 atom stereocenters. The van der Waals surface area contributed by atoms with Crippen LogP contribution in [-0.2, 0) is 21.5 Å². The predicted molar refractivity (Wildman–Crippen MR) is 212 cm³/mol. The second kappa shape index (κ2) is 13.4. The lowest BCUT2D eigenvalue weighted by atomic mass is 9.79. The van der Waals surface area contributed by atoms with Crippen LogP contribution in [0.4, 0.5) is 9.18 Å². The standard InChI is InChI=1S/C42H42Cl2FN9O3/c1-21-27-17-32(31-16-25(19-51(31)40(55)22-9-10-22)53-20-33(49-50-53)42(2,3)52-12-13-57-41(52)56)54(38-24-15-30(38)47-18-24)39(27)28-14-23(6-5-11-46)34(36(45)37(28)48-21)26-7-4-8-29(43)35(26)44/h4,7-8,14,17,20,22,24-25,30-31,38,47H,5-6,9-10,12-13,15-16,18-19H2,1-3H3. The number of nitriles is 1. The number of cyclic esters (lactones) is 1. The lowest BCUT2D eigenvalue weighted by molar-refractivity contribution is -0.133. The van der Waals surface area contributed by atoms with Crippen molar-refractivity contribution in [2.75, 3.05) is 26.2 Å². The highest BCUT2D eigenvalue weighted by molar-refractivity contribution is 6.43. The van der Waals surface area contributed by atoms with Crippen LogP contribution in [0.15, 0.2) is 36.5 Å². The first-order valence-corrected chi connectivity index (χ1v) is 20.6. The minimum atomic E-state index is -0.735. The highest BCUT2D eigenvalue weighted by Gasteiger charge is 2.51. The molecule has 57 heavy (non-hydrogen) atoms. The van der Waals surface area contributed by atoms with Crippen LogP contribution in [0.25, 0.3) is 32.9 Å². The van der Waals surface area contributed by atoms with Gasteiger partial charge < -0.3 is 19.5 Å². The van der Waals surface area contributed by atoms with Gasteiger partial charge in [-0.1, -0.05) is 40.5 Å². The summed E-state index contributed by atoms with van der Waals surface area (Å²) >= 11 is 13.2. The van der Waals surface area contributed by atoms with Gasteiger partial charge in [-0.25, -0.2) is 18.9 Å². The number of nitrogens with one attached hydrogen (secondary N) is 1. The van der Waals surface area contributed by atoms with E-state index in [0.717, 1.165) is 42.4 Å². The Bertz CT molecular complexity index is 2540. The summed E-state index contributed by atoms with van der Waals surface area (Å²) < 4.78 is 26.8. The van der Waals surface area contributed by atoms with Crippen LogP contribution >= 0.6 is 23.2 Å². The highest BCUT2D eigenvalue weighted by Crippen LogP contribution is 2.52. The number of amides is 2. The molecule has 294 valence electrons. The lowest BCUT2D eigenvalue weighted by Crippen LogP contribution is -2.42. The van der Waals surface area contributed by atoms with E-state index in [1.165, 1.54) is 0 Å². The zero-order valence-electron chi connectivity index (χ0n) is 31.9. The molecule has 1 N–H and O–H groups in total. The van der Waals surface area contributed by atoms with Gasteiger partial charge in [-0.3, -0.25) is 9.69 Å². The molecule has 0 radical (unpaired) electrons. The number of aryl methyl sites for hydroxylation is 2. The van der Waals surface area contributed by atoms with E-state index >= 15 is 4.39 Å². The molecule has 2 amide bonds. The van der Waals surface area contributed by atoms with E-state index in [1.54, 1.807) is 23.1 Å². The largest absolute Gasteiger partial charge is 0.448 e. The number of ether oxygens (including phenoxy) is 1. The van der Waals surface area contributed by atoms with E-state index < -0.39 is 11.4 Å². The molecule has 6 fully saturated rings. The fourth-order valence-electron chi connectivity index (χ4n) is 9.97. The maximum atomic E-state index is 17.3. The minimum Gasteiger partial charge on any atom is -0.448 e. The molecular formula is C42H42Cl2FN9O3. The van der Waals surface area contributed by atoms with Crippen molar-refractivity contribution < 1.29 is 18.7 Å². The summed E-state index contributed by atoms with van der Waals surface area (Å²) in [5.74, 6) is 0.0107. The third-order valence-electron chi connectivity index (χ3n) is 13.2. The van der Waals surface area contributed by atoms with Crippen LogP contribution in [0, 0.1) is 35.9 Å². The maximum Gasteiger partial charge on any atom is 0.410 e. The number of aromatic nitrogens is 5. The molecule has 12 nitrogen and oxygen atoms in total. The van der Waals surface area contributed by atoms with Crippen LogP contribution in [0.3, 0.4) is 0 Å². The number of nitrogens with zero attached hydrogens (tertiary/aromatic N) is 8. The van der Waals surface area contributed by atoms with Gasteiger partial charge in [0.1, 0.15) is 17.8 Å². The minimum absolute atomic E-state index is 0.00481. The molecule has 2 aliphatic carbocycles. The molecule has 5 unspecified atom stereocenters. The number of hydrogen-bond acceptors (Lipinski definition) is 8. The molecule has 0 spiro atoms. The van der Waals surface area contributed by atoms with Crippen molar-refractivity contribution in [1.82, 2.24) is 39.7 Å². The lowest BCUT2D eigenvalue weighted by Gasteiger charge is -2.39. The molecule has 2 aromatic carbocycles. The Balaban J connectivity index is 1.14. The van der Waals surface area contributed by atoms with E-state index in [2.05, 4.69) is 32.3 Å². The zero-order valence-corrected chi connectivity index (χ0v) is 33.4. The second-order valence-corrected chi connectivity index (χ2v) is 17.6. The number of likely N-dealkylation sites (tertiary alicyclic amines) is 1. The monoisotopic (exact) mass is 809 g/mol. The van der Waals surface area contributed by atoms with Crippen LogP contribution < -0.4 is 5.32 Å². The van der Waals surface area contributed by atoms with Crippen LogP contribution in [0.1, 0.15) is 86.7 Å². The van der Waals surface area contributed by atoms with E-state index in [-0.39, 0.29) is 59.0 Å². The highest BCUT2D eigenvalue weighted by atomic mass is 35.5. The number of carbonyl (C=O) groups is 2. The molecule has 5 aromatic rings. The third-order valence-corrected chi connectivity index (χ3v) is 14.0. The SMILES string of the molecule is Cc1nc2c(F)c(-c3cccc(Cl)c3Cl)c(CCC#N)cc2c2c1cc(C1CC(n3cc(C(C)(C)N4CCOC4=O)nn3)CN1C(=O)C1CC1)n2C1C2CNC1C2. The van der Waals surface area contributed by atoms with E-state index in [0.29, 0.717) is 76.9 Å². The summed E-state index contributed by atoms with van der Waals surface area (Å²) in [5.41, 5.74) is 4.13. The average molecular weight is 811 g/mol. The third kappa shape index (κ3) is 5.65. The van der Waals surface area contributed by atoms with Crippen molar-refractivity contribution in [3.63, 3.8) is 0 Å². The number of pyridine rings is 1. The molecule has 4 aliphatic heterocycles. The Morgan fingerprint density at radius 2 is 2.00 bits per heavy atom. The van der Waals surface area contributed by atoms with Crippen molar-refractivity contribution in [2.24, 2.45) is 11.8 Å². The molecule has 15 heteroatoms. The number of halogens is 3. The summed E-state index contributed by atoms with van der Waals surface area (Å²) in [4.78, 5) is 35.4. The van der Waals surface area contributed by atoms with Gasteiger partial charge in [0, 0.05) is 64.8 Å². The molecular weight excluding hydrogens is 768 g/mol. The van der Waals surface area contributed by atoms with Gasteiger partial charge >= 0.3 is 6.09 Å². The number of rotatable bonds is 9. The van der Waals surface area contributed by atoms with Gasteiger partial charge in [-0.05, 0) is 82.6 Å². The summed E-state index contributed by atoms with van der Waals surface area (Å²) in [6.45, 7) is 7.94. The fraction of sp³-hybridized carbons (Fsp3) is 0.476. The van der Waals surface area contributed by atoms with Gasteiger partial charge in [0.2, 0.25) is 5.91 Å².